The lowest BCUT2D eigenvalue weighted by Gasteiger charge is -2.34. The van der Waals surface area contributed by atoms with Gasteiger partial charge in [-0.3, -0.25) is 14.8 Å². The second-order valence-electron chi connectivity index (χ2n) is 6.03. The molecule has 1 saturated heterocycles. The second-order valence-corrected chi connectivity index (χ2v) is 6.89. The van der Waals surface area contributed by atoms with Crippen molar-refractivity contribution in [2.24, 2.45) is 0 Å². The third-order valence-corrected chi connectivity index (χ3v) is 4.99. The number of nitrogens with zero attached hydrogens (tertiary/aromatic N) is 3. The van der Waals surface area contributed by atoms with Crippen LogP contribution in [0.4, 0.5) is 4.39 Å². The van der Waals surface area contributed by atoms with Gasteiger partial charge in [0.05, 0.1) is 10.2 Å². The van der Waals surface area contributed by atoms with E-state index in [2.05, 4.69) is 43.7 Å². The van der Waals surface area contributed by atoms with Gasteiger partial charge in [-0.25, -0.2) is 4.39 Å². The number of benzene rings is 1. The largest absolute Gasteiger partial charge is 0.296 e. The van der Waals surface area contributed by atoms with Crippen molar-refractivity contribution in [3.05, 3.63) is 63.6 Å². The van der Waals surface area contributed by atoms with E-state index in [9.17, 15) is 4.39 Å². The van der Waals surface area contributed by atoms with Gasteiger partial charge in [0.2, 0.25) is 0 Å². The predicted molar refractivity (Wildman–Crippen MR) is 93.6 cm³/mol. The van der Waals surface area contributed by atoms with Crippen LogP contribution in [-0.4, -0.2) is 41.0 Å². The molecule has 0 radical (unpaired) electrons. The standard InChI is InChI=1S/C18H21BrFN3/c1-14-4-3-7-21-17(14)13-23-10-8-22(9-11-23)12-15-5-2-6-16(19)18(15)20/h2-7H,8-13H2,1H3. The van der Waals surface area contributed by atoms with E-state index in [-0.39, 0.29) is 5.82 Å². The molecule has 2 heterocycles. The highest BCUT2D eigenvalue weighted by atomic mass is 79.9. The van der Waals surface area contributed by atoms with Gasteiger partial charge in [-0.05, 0) is 40.5 Å². The van der Waals surface area contributed by atoms with Crippen LogP contribution in [0.15, 0.2) is 41.0 Å². The Balaban J connectivity index is 1.54. The van der Waals surface area contributed by atoms with Gasteiger partial charge in [-0.15, -0.1) is 0 Å². The SMILES string of the molecule is Cc1cccnc1CN1CCN(Cc2cccc(Br)c2F)CC1. The molecule has 0 aliphatic carbocycles. The minimum atomic E-state index is -0.140. The Hall–Kier alpha value is -1.30. The van der Waals surface area contributed by atoms with Crippen LogP contribution in [0.2, 0.25) is 0 Å². The van der Waals surface area contributed by atoms with Gasteiger partial charge < -0.3 is 0 Å². The lowest BCUT2D eigenvalue weighted by molar-refractivity contribution is 0.120. The molecule has 0 amide bonds. The van der Waals surface area contributed by atoms with Crippen molar-refractivity contribution in [2.75, 3.05) is 26.2 Å². The minimum Gasteiger partial charge on any atom is -0.296 e. The highest BCUT2D eigenvalue weighted by molar-refractivity contribution is 9.10. The molecule has 23 heavy (non-hydrogen) atoms. The van der Waals surface area contributed by atoms with Gasteiger partial charge >= 0.3 is 0 Å². The Morgan fingerprint density at radius 2 is 1.74 bits per heavy atom. The highest BCUT2D eigenvalue weighted by Crippen LogP contribution is 2.20. The van der Waals surface area contributed by atoms with Gasteiger partial charge in [0.1, 0.15) is 5.82 Å². The maximum Gasteiger partial charge on any atom is 0.141 e. The van der Waals surface area contributed by atoms with E-state index in [1.807, 2.05) is 24.4 Å². The lowest BCUT2D eigenvalue weighted by atomic mass is 10.1. The molecule has 3 rings (SSSR count). The van der Waals surface area contributed by atoms with E-state index >= 15 is 0 Å². The lowest BCUT2D eigenvalue weighted by Crippen LogP contribution is -2.45. The van der Waals surface area contributed by atoms with E-state index in [0.717, 1.165) is 44.0 Å². The molecule has 1 fully saturated rings. The first-order valence-corrected chi connectivity index (χ1v) is 8.71. The molecule has 1 aliphatic heterocycles. The van der Waals surface area contributed by atoms with Gasteiger partial charge in [0.25, 0.3) is 0 Å². The normalized spacial score (nSPS) is 16.7. The zero-order valence-corrected chi connectivity index (χ0v) is 14.9. The molecule has 0 spiro atoms. The van der Waals surface area contributed by atoms with Crippen molar-refractivity contribution in [3.8, 4) is 0 Å². The molecule has 5 heteroatoms. The van der Waals surface area contributed by atoms with Crippen molar-refractivity contribution in [1.29, 1.82) is 0 Å². The van der Waals surface area contributed by atoms with E-state index in [1.54, 1.807) is 6.07 Å². The van der Waals surface area contributed by atoms with Crippen LogP contribution in [0.3, 0.4) is 0 Å². The number of pyridine rings is 1. The zero-order chi connectivity index (χ0) is 16.2. The van der Waals surface area contributed by atoms with Crippen molar-refractivity contribution in [3.63, 3.8) is 0 Å². The number of halogens is 2. The Kier molecular flexibility index (Phi) is 5.41. The molecule has 0 bridgehead atoms. The molecule has 1 aromatic carbocycles. The Morgan fingerprint density at radius 1 is 1.04 bits per heavy atom. The van der Waals surface area contributed by atoms with Crippen LogP contribution in [0.25, 0.3) is 0 Å². The average molecular weight is 378 g/mol. The van der Waals surface area contributed by atoms with Crippen LogP contribution in [0, 0.1) is 12.7 Å². The van der Waals surface area contributed by atoms with Crippen LogP contribution in [-0.2, 0) is 13.1 Å². The van der Waals surface area contributed by atoms with Gasteiger partial charge in [-0.2, -0.15) is 0 Å². The molecule has 122 valence electrons. The molecule has 1 aromatic heterocycles. The first-order valence-electron chi connectivity index (χ1n) is 7.91. The maximum absolute atomic E-state index is 14.1. The fourth-order valence-corrected chi connectivity index (χ4v) is 3.32. The summed E-state index contributed by atoms with van der Waals surface area (Å²) in [5, 5.41) is 0. The van der Waals surface area contributed by atoms with Gasteiger partial charge in [-0.1, -0.05) is 18.2 Å². The number of piperazine rings is 1. The number of hydrogen-bond acceptors (Lipinski definition) is 3. The zero-order valence-electron chi connectivity index (χ0n) is 13.3. The highest BCUT2D eigenvalue weighted by Gasteiger charge is 2.19. The van der Waals surface area contributed by atoms with Crippen LogP contribution in [0.5, 0.6) is 0 Å². The quantitative estimate of drug-likeness (QED) is 0.811. The molecule has 0 saturated carbocycles. The van der Waals surface area contributed by atoms with Crippen LogP contribution >= 0.6 is 15.9 Å². The third-order valence-electron chi connectivity index (χ3n) is 4.38. The first kappa shape index (κ1) is 16.6. The van der Waals surface area contributed by atoms with E-state index in [4.69, 9.17) is 0 Å². The monoisotopic (exact) mass is 377 g/mol. The number of hydrogen-bond donors (Lipinski definition) is 0. The number of aryl methyl sites for hydroxylation is 1. The fourth-order valence-electron chi connectivity index (χ4n) is 2.91. The summed E-state index contributed by atoms with van der Waals surface area (Å²) in [5.41, 5.74) is 3.15. The molecule has 2 aromatic rings. The molecule has 0 atom stereocenters. The summed E-state index contributed by atoms with van der Waals surface area (Å²) in [6.45, 7) is 7.56. The third kappa shape index (κ3) is 4.16. The maximum atomic E-state index is 14.1. The summed E-state index contributed by atoms with van der Waals surface area (Å²) >= 11 is 3.26. The fraction of sp³-hybridized carbons (Fsp3) is 0.389. The summed E-state index contributed by atoms with van der Waals surface area (Å²) in [6.07, 6.45) is 1.86. The van der Waals surface area contributed by atoms with Gasteiger partial charge in [0.15, 0.2) is 0 Å². The summed E-state index contributed by atoms with van der Waals surface area (Å²) in [6, 6.07) is 9.58. The predicted octanol–water partition coefficient (Wildman–Crippen LogP) is 3.61. The first-order chi connectivity index (χ1) is 11.1. The Bertz CT molecular complexity index is 669. The number of rotatable bonds is 4. The molecular weight excluding hydrogens is 357 g/mol. The Morgan fingerprint density at radius 3 is 2.43 bits per heavy atom. The van der Waals surface area contributed by atoms with Crippen LogP contribution in [0.1, 0.15) is 16.8 Å². The van der Waals surface area contributed by atoms with E-state index < -0.39 is 0 Å². The van der Waals surface area contributed by atoms with Crippen molar-refractivity contribution >= 4 is 15.9 Å². The topological polar surface area (TPSA) is 19.4 Å². The molecule has 3 nitrogen and oxygen atoms in total. The molecular formula is C18H21BrFN3. The van der Waals surface area contributed by atoms with E-state index in [0.29, 0.717) is 11.0 Å². The van der Waals surface area contributed by atoms with Crippen molar-refractivity contribution < 1.29 is 4.39 Å². The molecule has 0 unspecified atom stereocenters. The molecule has 0 N–H and O–H groups in total. The Labute approximate surface area is 145 Å². The van der Waals surface area contributed by atoms with Crippen LogP contribution < -0.4 is 0 Å². The smallest absolute Gasteiger partial charge is 0.141 e. The van der Waals surface area contributed by atoms with Crippen molar-refractivity contribution in [1.82, 2.24) is 14.8 Å². The van der Waals surface area contributed by atoms with Gasteiger partial charge in [0, 0.05) is 51.0 Å². The summed E-state index contributed by atoms with van der Waals surface area (Å²) in [4.78, 5) is 9.20. The average Bonchev–Trinajstić information content (AvgIpc) is 2.56. The summed E-state index contributed by atoms with van der Waals surface area (Å²) in [5.74, 6) is -0.140. The van der Waals surface area contributed by atoms with Crippen molar-refractivity contribution in [2.45, 2.75) is 20.0 Å². The summed E-state index contributed by atoms with van der Waals surface area (Å²) in [7, 11) is 0. The minimum absolute atomic E-state index is 0.140. The second kappa shape index (κ2) is 7.51. The van der Waals surface area contributed by atoms with E-state index in [1.165, 1.54) is 5.56 Å². The summed E-state index contributed by atoms with van der Waals surface area (Å²) < 4.78 is 14.6. The molecule has 1 aliphatic rings. The number of aromatic nitrogens is 1.